The van der Waals surface area contributed by atoms with Crippen LogP contribution in [0.15, 0.2) is 23.2 Å². The van der Waals surface area contributed by atoms with Crippen molar-refractivity contribution in [1.29, 1.82) is 0 Å². The standard InChI is InChI=1S/C17H24Cl2N6O/c1-12-23-24-16(25(12)2)11-22-17(20-7-4-8-26-3)21-10-13-5-6-14(18)9-15(13)19/h5-6,9H,4,7-8,10-11H2,1-3H3,(H2,20,21,22). The van der Waals surface area contributed by atoms with Crippen LogP contribution in [0.5, 0.6) is 0 Å². The number of aromatic nitrogens is 3. The molecule has 142 valence electrons. The summed E-state index contributed by atoms with van der Waals surface area (Å²) in [5.74, 6) is 2.37. The Morgan fingerprint density at radius 1 is 1.27 bits per heavy atom. The minimum Gasteiger partial charge on any atom is -0.385 e. The fraction of sp³-hybridized carbons (Fsp3) is 0.471. The average molecular weight is 399 g/mol. The molecule has 0 bridgehead atoms. The molecule has 2 aromatic rings. The predicted octanol–water partition coefficient (Wildman–Crippen LogP) is 2.70. The van der Waals surface area contributed by atoms with Gasteiger partial charge in [-0.15, -0.1) is 10.2 Å². The summed E-state index contributed by atoms with van der Waals surface area (Å²) in [6.45, 7) is 4.30. The molecular weight excluding hydrogens is 375 g/mol. The lowest BCUT2D eigenvalue weighted by Gasteiger charge is -2.13. The van der Waals surface area contributed by atoms with Gasteiger partial charge in [-0.1, -0.05) is 29.3 Å². The number of hydrogen-bond donors (Lipinski definition) is 2. The number of benzene rings is 1. The second-order valence-corrected chi connectivity index (χ2v) is 6.59. The highest BCUT2D eigenvalue weighted by molar-refractivity contribution is 6.35. The fourth-order valence-electron chi connectivity index (χ4n) is 2.18. The lowest BCUT2D eigenvalue weighted by molar-refractivity contribution is 0.195. The van der Waals surface area contributed by atoms with Crippen molar-refractivity contribution in [3.63, 3.8) is 0 Å². The van der Waals surface area contributed by atoms with Gasteiger partial charge in [0.2, 0.25) is 0 Å². The number of hydrogen-bond acceptors (Lipinski definition) is 4. The van der Waals surface area contributed by atoms with Crippen LogP contribution in [0.4, 0.5) is 0 Å². The zero-order valence-corrected chi connectivity index (χ0v) is 16.7. The highest BCUT2D eigenvalue weighted by Crippen LogP contribution is 2.21. The van der Waals surface area contributed by atoms with Crippen molar-refractivity contribution in [1.82, 2.24) is 25.4 Å². The molecule has 0 aliphatic carbocycles. The van der Waals surface area contributed by atoms with Crippen LogP contribution >= 0.6 is 23.2 Å². The maximum absolute atomic E-state index is 6.22. The summed E-state index contributed by atoms with van der Waals surface area (Å²) in [7, 11) is 3.62. The van der Waals surface area contributed by atoms with Gasteiger partial charge in [0.25, 0.3) is 0 Å². The van der Waals surface area contributed by atoms with Gasteiger partial charge in [-0.3, -0.25) is 0 Å². The van der Waals surface area contributed by atoms with Crippen molar-refractivity contribution in [2.24, 2.45) is 12.0 Å². The van der Waals surface area contributed by atoms with Gasteiger partial charge in [0.1, 0.15) is 5.82 Å². The maximum Gasteiger partial charge on any atom is 0.191 e. The quantitative estimate of drug-likeness (QED) is 0.406. The molecule has 0 spiro atoms. The van der Waals surface area contributed by atoms with Crippen molar-refractivity contribution >= 4 is 29.2 Å². The van der Waals surface area contributed by atoms with Gasteiger partial charge in [-0.2, -0.15) is 0 Å². The first-order valence-electron chi connectivity index (χ1n) is 8.31. The Bertz CT molecular complexity index is 747. The van der Waals surface area contributed by atoms with E-state index >= 15 is 0 Å². The molecule has 0 saturated carbocycles. The number of halogens is 2. The zero-order valence-electron chi connectivity index (χ0n) is 15.2. The number of nitrogens with one attached hydrogen (secondary N) is 2. The van der Waals surface area contributed by atoms with Gasteiger partial charge in [-0.25, -0.2) is 4.99 Å². The molecule has 1 aromatic heterocycles. The number of nitrogens with zero attached hydrogens (tertiary/aromatic N) is 4. The van der Waals surface area contributed by atoms with Gasteiger partial charge in [0.15, 0.2) is 11.8 Å². The van der Waals surface area contributed by atoms with E-state index in [1.165, 1.54) is 0 Å². The number of aryl methyl sites for hydroxylation is 1. The van der Waals surface area contributed by atoms with Crippen LogP contribution in [0.2, 0.25) is 10.0 Å². The van der Waals surface area contributed by atoms with Crippen molar-refractivity contribution in [3.8, 4) is 0 Å². The van der Waals surface area contributed by atoms with Gasteiger partial charge in [-0.05, 0) is 31.0 Å². The predicted molar refractivity (Wildman–Crippen MR) is 105 cm³/mol. The monoisotopic (exact) mass is 398 g/mol. The molecule has 1 heterocycles. The second kappa shape index (κ2) is 10.4. The number of rotatable bonds is 8. The average Bonchev–Trinajstić information content (AvgIpc) is 2.93. The first kappa shape index (κ1) is 20.5. The summed E-state index contributed by atoms with van der Waals surface area (Å²) in [5.41, 5.74) is 0.906. The van der Waals surface area contributed by atoms with E-state index in [0.29, 0.717) is 35.7 Å². The third-order valence-corrected chi connectivity index (χ3v) is 4.42. The van der Waals surface area contributed by atoms with Crippen LogP contribution in [0, 0.1) is 6.92 Å². The van der Waals surface area contributed by atoms with Crippen molar-refractivity contribution < 1.29 is 4.74 Å². The molecule has 0 radical (unpaired) electrons. The van der Waals surface area contributed by atoms with Gasteiger partial charge in [0, 0.05) is 37.4 Å². The normalized spacial score (nSPS) is 11.7. The summed E-state index contributed by atoms with van der Waals surface area (Å²) in [6, 6.07) is 5.40. The Morgan fingerprint density at radius 3 is 2.73 bits per heavy atom. The molecular formula is C17H24Cl2N6O. The smallest absolute Gasteiger partial charge is 0.191 e. The topological polar surface area (TPSA) is 76.4 Å². The largest absolute Gasteiger partial charge is 0.385 e. The van der Waals surface area contributed by atoms with E-state index in [-0.39, 0.29) is 0 Å². The molecule has 7 nitrogen and oxygen atoms in total. The summed E-state index contributed by atoms with van der Waals surface area (Å²) in [6.07, 6.45) is 0.877. The van der Waals surface area contributed by atoms with Crippen LogP contribution in [-0.2, 0) is 24.9 Å². The van der Waals surface area contributed by atoms with E-state index < -0.39 is 0 Å². The van der Waals surface area contributed by atoms with Crippen LogP contribution in [0.25, 0.3) is 0 Å². The van der Waals surface area contributed by atoms with Gasteiger partial charge in [0.05, 0.1) is 13.1 Å². The second-order valence-electron chi connectivity index (χ2n) is 5.75. The van der Waals surface area contributed by atoms with Crippen LogP contribution in [-0.4, -0.2) is 41.0 Å². The molecule has 0 fully saturated rings. The molecule has 0 amide bonds. The van der Waals surface area contributed by atoms with Crippen molar-refractivity contribution in [2.45, 2.75) is 26.4 Å². The Morgan fingerprint density at radius 2 is 2.08 bits per heavy atom. The SMILES string of the molecule is COCCCNC(=NCc1ccc(Cl)cc1Cl)NCc1nnc(C)n1C. The molecule has 2 N–H and O–H groups in total. The molecule has 0 aliphatic rings. The van der Waals surface area contributed by atoms with Crippen LogP contribution in [0.3, 0.4) is 0 Å². The molecule has 0 aliphatic heterocycles. The van der Waals surface area contributed by atoms with Crippen molar-refractivity contribution in [2.75, 3.05) is 20.3 Å². The third-order valence-electron chi connectivity index (χ3n) is 3.84. The molecule has 9 heteroatoms. The van der Waals surface area contributed by atoms with Gasteiger partial charge >= 0.3 is 0 Å². The Hall–Kier alpha value is -1.83. The number of guanidine groups is 1. The first-order valence-corrected chi connectivity index (χ1v) is 9.06. The lowest BCUT2D eigenvalue weighted by Crippen LogP contribution is -2.38. The highest BCUT2D eigenvalue weighted by Gasteiger charge is 2.07. The van der Waals surface area contributed by atoms with Crippen molar-refractivity contribution in [3.05, 3.63) is 45.5 Å². The van der Waals surface area contributed by atoms with E-state index in [4.69, 9.17) is 27.9 Å². The van der Waals surface area contributed by atoms with Crippen LogP contribution in [0.1, 0.15) is 23.6 Å². The highest BCUT2D eigenvalue weighted by atomic mass is 35.5. The van der Waals surface area contributed by atoms with E-state index in [2.05, 4.69) is 25.8 Å². The van der Waals surface area contributed by atoms with E-state index in [9.17, 15) is 0 Å². The minimum atomic E-state index is 0.438. The Kier molecular flexibility index (Phi) is 8.15. The zero-order chi connectivity index (χ0) is 18.9. The Balaban J connectivity index is 2.02. The van der Waals surface area contributed by atoms with Crippen LogP contribution < -0.4 is 10.6 Å². The summed E-state index contributed by atoms with van der Waals surface area (Å²) in [4.78, 5) is 4.60. The minimum absolute atomic E-state index is 0.438. The molecule has 2 rings (SSSR count). The lowest BCUT2D eigenvalue weighted by atomic mass is 10.2. The molecule has 1 aromatic carbocycles. The number of ether oxygens (including phenoxy) is 1. The maximum atomic E-state index is 6.22. The molecule has 0 unspecified atom stereocenters. The summed E-state index contributed by atoms with van der Waals surface area (Å²) >= 11 is 12.2. The molecule has 0 saturated heterocycles. The third kappa shape index (κ3) is 6.16. The van der Waals surface area contributed by atoms with E-state index in [0.717, 1.165) is 30.2 Å². The van der Waals surface area contributed by atoms with E-state index in [1.54, 1.807) is 19.2 Å². The Labute approximate surface area is 163 Å². The number of methoxy groups -OCH3 is 1. The first-order chi connectivity index (χ1) is 12.5. The number of aliphatic imine (C=N–C) groups is 1. The summed E-state index contributed by atoms with van der Waals surface area (Å²) in [5, 5.41) is 16.0. The van der Waals surface area contributed by atoms with E-state index in [1.807, 2.05) is 24.6 Å². The summed E-state index contributed by atoms with van der Waals surface area (Å²) < 4.78 is 7.01. The van der Waals surface area contributed by atoms with Gasteiger partial charge < -0.3 is 19.9 Å². The fourth-order valence-corrected chi connectivity index (χ4v) is 2.65. The molecule has 26 heavy (non-hydrogen) atoms. The molecule has 0 atom stereocenters.